The molecule has 0 saturated carbocycles. The number of hydrogen-bond donors (Lipinski definition) is 0. The third-order valence-corrected chi connectivity index (χ3v) is 0.840. The molecule has 0 atom stereocenters. The quantitative estimate of drug-likeness (QED) is 0.502. The van der Waals surface area contributed by atoms with Crippen molar-refractivity contribution < 1.29 is 0 Å². The van der Waals surface area contributed by atoms with Crippen molar-refractivity contribution in [2.75, 3.05) is 0 Å². The van der Waals surface area contributed by atoms with E-state index in [9.17, 15) is 0 Å². The first kappa shape index (κ1) is 5.51. The lowest BCUT2D eigenvalue weighted by Crippen LogP contribution is -1.42. The third-order valence-electron chi connectivity index (χ3n) is 0.130. The Bertz CT molecular complexity index is 44.9. The SMILES string of the molecule is C/C(Br)=[C]/Cl. The van der Waals surface area contributed by atoms with Gasteiger partial charge in [0, 0.05) is 4.48 Å². The second kappa shape index (κ2) is 2.73. The van der Waals surface area contributed by atoms with Crippen LogP contribution in [-0.2, 0) is 0 Å². The summed E-state index contributed by atoms with van der Waals surface area (Å²) in [5, 5.41) is 0. The number of rotatable bonds is 0. The Balaban J connectivity index is 3.14. The smallest absolute Gasteiger partial charge is 0.0698 e. The minimum Gasteiger partial charge on any atom is -0.0818 e. The van der Waals surface area contributed by atoms with Crippen LogP contribution in [0.1, 0.15) is 6.92 Å². The van der Waals surface area contributed by atoms with Crippen molar-refractivity contribution in [1.82, 2.24) is 0 Å². The molecule has 0 rings (SSSR count). The van der Waals surface area contributed by atoms with Crippen molar-refractivity contribution in [3.05, 3.63) is 10.0 Å². The van der Waals surface area contributed by atoms with E-state index < -0.39 is 0 Å². The van der Waals surface area contributed by atoms with E-state index in [-0.39, 0.29) is 0 Å². The summed E-state index contributed by atoms with van der Waals surface area (Å²) < 4.78 is 0.833. The average Bonchev–Trinajstić information content (AvgIpc) is 1.38. The first-order chi connectivity index (χ1) is 2.27. The van der Waals surface area contributed by atoms with E-state index >= 15 is 0 Å². The molecule has 0 amide bonds. The van der Waals surface area contributed by atoms with Gasteiger partial charge in [0.15, 0.2) is 0 Å². The minimum atomic E-state index is 0.833. The normalized spacial score (nSPS) is 12.2. The van der Waals surface area contributed by atoms with Crippen molar-refractivity contribution in [2.45, 2.75) is 6.92 Å². The van der Waals surface area contributed by atoms with Gasteiger partial charge in [-0.3, -0.25) is 0 Å². The van der Waals surface area contributed by atoms with Gasteiger partial charge < -0.3 is 0 Å². The lowest BCUT2D eigenvalue weighted by atomic mass is 10.8. The van der Waals surface area contributed by atoms with Crippen molar-refractivity contribution in [3.8, 4) is 0 Å². The van der Waals surface area contributed by atoms with Gasteiger partial charge in [0.1, 0.15) is 0 Å². The summed E-state index contributed by atoms with van der Waals surface area (Å²) in [6.45, 7) is 1.81. The number of halogens is 2. The second-order valence-corrected chi connectivity index (χ2v) is 2.01. The molecule has 29 valence electrons. The van der Waals surface area contributed by atoms with E-state index in [1.807, 2.05) is 6.92 Å². The summed E-state index contributed by atoms with van der Waals surface area (Å²) in [7, 11) is 0. The molecule has 0 heterocycles. The standard InChI is InChI=1S/C3H3BrCl/c1-3(4)2-5/h1H3. The van der Waals surface area contributed by atoms with Gasteiger partial charge in [-0.1, -0.05) is 27.5 Å². The van der Waals surface area contributed by atoms with Crippen LogP contribution in [-0.4, -0.2) is 0 Å². The van der Waals surface area contributed by atoms with Crippen molar-refractivity contribution in [2.24, 2.45) is 0 Å². The molecule has 0 nitrogen and oxygen atoms in total. The van der Waals surface area contributed by atoms with Gasteiger partial charge in [0.25, 0.3) is 0 Å². The van der Waals surface area contributed by atoms with Crippen LogP contribution >= 0.6 is 27.5 Å². The van der Waals surface area contributed by atoms with Crippen molar-refractivity contribution in [3.63, 3.8) is 0 Å². The lowest BCUT2D eigenvalue weighted by Gasteiger charge is -1.67. The Morgan fingerprint density at radius 2 is 2.20 bits per heavy atom. The predicted molar refractivity (Wildman–Crippen MR) is 27.2 cm³/mol. The van der Waals surface area contributed by atoms with Crippen molar-refractivity contribution in [1.29, 1.82) is 0 Å². The average molecular weight is 154 g/mol. The summed E-state index contributed by atoms with van der Waals surface area (Å²) in [5.74, 6) is 0. The molecule has 0 aromatic heterocycles. The molecule has 0 aliphatic carbocycles. The highest BCUT2D eigenvalue weighted by Gasteiger charge is 1.67. The van der Waals surface area contributed by atoms with Crippen LogP contribution in [0.15, 0.2) is 4.48 Å². The highest BCUT2D eigenvalue weighted by atomic mass is 79.9. The molecule has 0 N–H and O–H groups in total. The summed E-state index contributed by atoms with van der Waals surface area (Å²) in [6.07, 6.45) is 0. The van der Waals surface area contributed by atoms with Crippen molar-refractivity contribution >= 4 is 27.5 Å². The second-order valence-electron chi connectivity index (χ2n) is 0.628. The molecule has 0 fully saturated rings. The fraction of sp³-hybridized carbons (Fsp3) is 0.333. The summed E-state index contributed by atoms with van der Waals surface area (Å²) in [5.41, 5.74) is 2.33. The maximum Gasteiger partial charge on any atom is 0.0698 e. The van der Waals surface area contributed by atoms with Crippen LogP contribution in [0.4, 0.5) is 0 Å². The summed E-state index contributed by atoms with van der Waals surface area (Å²) in [6, 6.07) is 0. The molecule has 2 heteroatoms. The fourth-order valence-corrected chi connectivity index (χ4v) is 0. The summed E-state index contributed by atoms with van der Waals surface area (Å²) >= 11 is 8.05. The molecule has 0 aliphatic rings. The van der Waals surface area contributed by atoms with Crippen LogP contribution in [0.2, 0.25) is 0 Å². The Morgan fingerprint density at radius 1 is 2.00 bits per heavy atom. The molecular weight excluding hydrogens is 151 g/mol. The van der Waals surface area contributed by atoms with Crippen LogP contribution < -0.4 is 0 Å². The largest absolute Gasteiger partial charge is 0.0818 e. The van der Waals surface area contributed by atoms with E-state index in [4.69, 9.17) is 11.6 Å². The van der Waals surface area contributed by atoms with E-state index in [1.54, 1.807) is 0 Å². The van der Waals surface area contributed by atoms with Gasteiger partial charge in [-0.15, -0.1) is 0 Å². The Morgan fingerprint density at radius 3 is 2.20 bits per heavy atom. The Kier molecular flexibility index (Phi) is 3.01. The maximum atomic E-state index is 5.00. The van der Waals surface area contributed by atoms with Gasteiger partial charge in [-0.2, -0.15) is 0 Å². The van der Waals surface area contributed by atoms with E-state index in [1.165, 1.54) is 0 Å². The first-order valence-corrected chi connectivity index (χ1v) is 2.30. The van der Waals surface area contributed by atoms with E-state index in [2.05, 4.69) is 21.5 Å². The van der Waals surface area contributed by atoms with Crippen LogP contribution in [0.5, 0.6) is 0 Å². The molecule has 1 radical (unpaired) electrons. The van der Waals surface area contributed by atoms with E-state index in [0.717, 1.165) is 4.48 Å². The zero-order chi connectivity index (χ0) is 4.28. The zero-order valence-electron chi connectivity index (χ0n) is 2.76. The van der Waals surface area contributed by atoms with Gasteiger partial charge in [0.05, 0.1) is 5.54 Å². The molecule has 5 heavy (non-hydrogen) atoms. The first-order valence-electron chi connectivity index (χ1n) is 1.13. The van der Waals surface area contributed by atoms with Crippen LogP contribution in [0, 0.1) is 5.54 Å². The van der Waals surface area contributed by atoms with Gasteiger partial charge in [-0.05, 0) is 6.92 Å². The molecular formula is C3H3BrCl. The van der Waals surface area contributed by atoms with Crippen LogP contribution in [0.3, 0.4) is 0 Å². The highest BCUT2D eigenvalue weighted by molar-refractivity contribution is 9.11. The molecule has 0 aromatic rings. The summed E-state index contributed by atoms with van der Waals surface area (Å²) in [4.78, 5) is 0. The minimum absolute atomic E-state index is 0.833. The van der Waals surface area contributed by atoms with E-state index in [0.29, 0.717) is 0 Å². The molecule has 0 bridgehead atoms. The fourth-order valence-electron chi connectivity index (χ4n) is 0. The third kappa shape index (κ3) is 4.51. The number of hydrogen-bond acceptors (Lipinski definition) is 0. The lowest BCUT2D eigenvalue weighted by molar-refractivity contribution is 1.72. The topological polar surface area (TPSA) is 0 Å². The number of allylic oxidation sites excluding steroid dienone is 1. The van der Waals surface area contributed by atoms with Gasteiger partial charge >= 0.3 is 0 Å². The van der Waals surface area contributed by atoms with Gasteiger partial charge in [-0.25, -0.2) is 0 Å². The molecule has 0 aliphatic heterocycles. The van der Waals surface area contributed by atoms with Gasteiger partial charge in [0.2, 0.25) is 0 Å². The Labute approximate surface area is 45.0 Å². The molecule has 0 saturated heterocycles. The monoisotopic (exact) mass is 153 g/mol. The molecule has 0 aromatic carbocycles. The maximum absolute atomic E-state index is 5.00. The Hall–Kier alpha value is 0.510. The van der Waals surface area contributed by atoms with Crippen LogP contribution in [0.25, 0.3) is 0 Å². The predicted octanol–water partition coefficient (Wildman–Crippen LogP) is 2.28. The highest BCUT2D eigenvalue weighted by Crippen LogP contribution is 2.00. The zero-order valence-corrected chi connectivity index (χ0v) is 5.10. The molecule has 0 spiro atoms. The molecule has 0 unspecified atom stereocenters.